The van der Waals surface area contributed by atoms with Crippen LogP contribution in [-0.2, 0) is 5.60 Å². The van der Waals surface area contributed by atoms with Crippen LogP contribution in [0.3, 0.4) is 0 Å². The standard InChI is InChI=1S/C20H36N4O.HI/c1-5-21-19(22-15-11-12-16-24(6-2)7-3)23-17-20(4,25)18-13-9-8-10-14-18;/h8-10,13-14,25H,5-7,11-12,15-17H2,1-4H3,(H2,21,22,23);1H. The SMILES string of the molecule is CCNC(=NCC(C)(O)c1ccccc1)NCCCCN(CC)CC.I. The Labute approximate surface area is 176 Å². The molecule has 150 valence electrons. The second-order valence-corrected chi connectivity index (χ2v) is 6.50. The number of hydrogen-bond donors (Lipinski definition) is 3. The third-order valence-corrected chi connectivity index (χ3v) is 4.37. The molecule has 1 unspecified atom stereocenters. The van der Waals surface area contributed by atoms with Crippen LogP contribution in [0.5, 0.6) is 0 Å². The lowest BCUT2D eigenvalue weighted by Crippen LogP contribution is -2.39. The van der Waals surface area contributed by atoms with Gasteiger partial charge in [0, 0.05) is 13.1 Å². The van der Waals surface area contributed by atoms with E-state index in [1.54, 1.807) is 6.92 Å². The van der Waals surface area contributed by atoms with Crippen molar-refractivity contribution >= 4 is 29.9 Å². The lowest BCUT2D eigenvalue weighted by molar-refractivity contribution is 0.0672. The number of nitrogens with one attached hydrogen (secondary N) is 2. The number of guanidine groups is 1. The third kappa shape index (κ3) is 9.73. The van der Waals surface area contributed by atoms with E-state index in [0.29, 0.717) is 6.54 Å². The van der Waals surface area contributed by atoms with Gasteiger partial charge in [-0.25, -0.2) is 4.99 Å². The first-order valence-electron chi connectivity index (χ1n) is 9.55. The summed E-state index contributed by atoms with van der Waals surface area (Å²) < 4.78 is 0. The molecule has 1 atom stereocenters. The lowest BCUT2D eigenvalue weighted by Gasteiger charge is -2.22. The van der Waals surface area contributed by atoms with Crippen LogP contribution >= 0.6 is 24.0 Å². The highest BCUT2D eigenvalue weighted by Crippen LogP contribution is 2.20. The van der Waals surface area contributed by atoms with E-state index in [1.165, 1.54) is 6.42 Å². The van der Waals surface area contributed by atoms with E-state index in [-0.39, 0.29) is 24.0 Å². The zero-order valence-electron chi connectivity index (χ0n) is 16.8. The Morgan fingerprint density at radius 2 is 1.73 bits per heavy atom. The van der Waals surface area contributed by atoms with E-state index in [1.807, 2.05) is 37.3 Å². The van der Waals surface area contributed by atoms with Gasteiger partial charge in [0.25, 0.3) is 0 Å². The normalized spacial score (nSPS) is 13.8. The summed E-state index contributed by atoms with van der Waals surface area (Å²) in [6.07, 6.45) is 2.28. The number of halogens is 1. The van der Waals surface area contributed by atoms with Gasteiger partial charge >= 0.3 is 0 Å². The fourth-order valence-electron chi connectivity index (χ4n) is 2.67. The Bertz CT molecular complexity index is 490. The number of aliphatic imine (C=N–C) groups is 1. The van der Waals surface area contributed by atoms with E-state index in [9.17, 15) is 5.11 Å². The van der Waals surface area contributed by atoms with E-state index in [0.717, 1.165) is 50.7 Å². The molecule has 0 spiro atoms. The second-order valence-electron chi connectivity index (χ2n) is 6.50. The van der Waals surface area contributed by atoms with Gasteiger partial charge in [-0.2, -0.15) is 0 Å². The van der Waals surface area contributed by atoms with Crippen LogP contribution in [0.1, 0.15) is 46.1 Å². The van der Waals surface area contributed by atoms with Gasteiger partial charge in [-0.1, -0.05) is 44.2 Å². The molecular weight excluding hydrogens is 439 g/mol. The molecule has 0 amide bonds. The smallest absolute Gasteiger partial charge is 0.191 e. The summed E-state index contributed by atoms with van der Waals surface area (Å²) in [4.78, 5) is 7.00. The van der Waals surface area contributed by atoms with Crippen LogP contribution in [0.2, 0.25) is 0 Å². The van der Waals surface area contributed by atoms with E-state index >= 15 is 0 Å². The summed E-state index contributed by atoms with van der Waals surface area (Å²) in [6, 6.07) is 9.69. The van der Waals surface area contributed by atoms with Crippen molar-refractivity contribution in [3.63, 3.8) is 0 Å². The van der Waals surface area contributed by atoms with Crippen molar-refractivity contribution in [1.82, 2.24) is 15.5 Å². The summed E-state index contributed by atoms with van der Waals surface area (Å²) in [6.45, 7) is 13.7. The average Bonchev–Trinajstić information content (AvgIpc) is 2.63. The van der Waals surface area contributed by atoms with Gasteiger partial charge in [0.2, 0.25) is 0 Å². The molecule has 0 aliphatic rings. The minimum atomic E-state index is -0.966. The maximum Gasteiger partial charge on any atom is 0.191 e. The largest absolute Gasteiger partial charge is 0.384 e. The number of aliphatic hydroxyl groups is 1. The maximum atomic E-state index is 10.7. The number of hydrogen-bond acceptors (Lipinski definition) is 3. The quantitative estimate of drug-likeness (QED) is 0.199. The zero-order chi connectivity index (χ0) is 18.5. The first-order chi connectivity index (χ1) is 12.0. The molecule has 3 N–H and O–H groups in total. The Morgan fingerprint density at radius 3 is 2.31 bits per heavy atom. The Balaban J connectivity index is 0.00000625. The van der Waals surface area contributed by atoms with Crippen LogP contribution in [0.4, 0.5) is 0 Å². The lowest BCUT2D eigenvalue weighted by atomic mass is 9.96. The Morgan fingerprint density at radius 1 is 1.08 bits per heavy atom. The summed E-state index contributed by atoms with van der Waals surface area (Å²) in [5.74, 6) is 0.765. The number of nitrogens with zero attached hydrogens (tertiary/aromatic N) is 2. The van der Waals surface area contributed by atoms with Gasteiger partial charge in [-0.05, 0) is 51.9 Å². The molecule has 0 saturated carbocycles. The molecule has 0 fully saturated rings. The van der Waals surface area contributed by atoms with Crippen LogP contribution < -0.4 is 10.6 Å². The van der Waals surface area contributed by atoms with Crippen molar-refractivity contribution < 1.29 is 5.11 Å². The highest BCUT2D eigenvalue weighted by molar-refractivity contribution is 14.0. The van der Waals surface area contributed by atoms with Gasteiger partial charge in [-0.15, -0.1) is 24.0 Å². The summed E-state index contributed by atoms with van der Waals surface area (Å²) in [5, 5.41) is 17.3. The maximum absolute atomic E-state index is 10.7. The molecular formula is C20H37IN4O. The first kappa shape index (κ1) is 25.1. The minimum Gasteiger partial charge on any atom is -0.384 e. The highest BCUT2D eigenvalue weighted by atomic mass is 127. The molecule has 6 heteroatoms. The van der Waals surface area contributed by atoms with Gasteiger partial charge in [0.1, 0.15) is 5.60 Å². The molecule has 1 aromatic rings. The highest BCUT2D eigenvalue weighted by Gasteiger charge is 2.22. The van der Waals surface area contributed by atoms with Crippen LogP contribution in [-0.4, -0.2) is 55.2 Å². The van der Waals surface area contributed by atoms with Crippen molar-refractivity contribution in [1.29, 1.82) is 0 Å². The molecule has 0 radical (unpaired) electrons. The molecule has 5 nitrogen and oxygen atoms in total. The minimum absolute atomic E-state index is 0. The molecule has 1 aromatic carbocycles. The predicted octanol–water partition coefficient (Wildman–Crippen LogP) is 3.19. The number of rotatable bonds is 11. The van der Waals surface area contributed by atoms with Crippen LogP contribution in [0, 0.1) is 0 Å². The van der Waals surface area contributed by atoms with Crippen molar-refractivity contribution in [2.75, 3.05) is 39.3 Å². The average molecular weight is 476 g/mol. The van der Waals surface area contributed by atoms with E-state index in [2.05, 4.69) is 34.4 Å². The van der Waals surface area contributed by atoms with Crippen molar-refractivity contribution in [2.24, 2.45) is 4.99 Å². The first-order valence-corrected chi connectivity index (χ1v) is 9.55. The van der Waals surface area contributed by atoms with Gasteiger partial charge in [-0.3, -0.25) is 0 Å². The summed E-state index contributed by atoms with van der Waals surface area (Å²) in [5.41, 5.74) is -0.0827. The molecule has 0 bridgehead atoms. The topological polar surface area (TPSA) is 59.9 Å². The van der Waals surface area contributed by atoms with Crippen molar-refractivity contribution in [2.45, 2.75) is 46.1 Å². The molecule has 0 aliphatic carbocycles. The predicted molar refractivity (Wildman–Crippen MR) is 122 cm³/mol. The van der Waals surface area contributed by atoms with Crippen LogP contribution in [0.25, 0.3) is 0 Å². The van der Waals surface area contributed by atoms with Gasteiger partial charge in [0.05, 0.1) is 6.54 Å². The fraction of sp³-hybridized carbons (Fsp3) is 0.650. The molecule has 26 heavy (non-hydrogen) atoms. The molecule has 0 aliphatic heterocycles. The van der Waals surface area contributed by atoms with Crippen LogP contribution in [0.15, 0.2) is 35.3 Å². The van der Waals surface area contributed by atoms with Gasteiger partial charge < -0.3 is 20.6 Å². The van der Waals surface area contributed by atoms with E-state index in [4.69, 9.17) is 0 Å². The number of benzene rings is 1. The third-order valence-electron chi connectivity index (χ3n) is 4.37. The second kappa shape index (κ2) is 14.2. The summed E-state index contributed by atoms with van der Waals surface area (Å²) >= 11 is 0. The molecule has 0 saturated heterocycles. The van der Waals surface area contributed by atoms with Crippen molar-refractivity contribution in [3.05, 3.63) is 35.9 Å². The Hall–Kier alpha value is -0.860. The van der Waals surface area contributed by atoms with Crippen molar-refractivity contribution in [3.8, 4) is 0 Å². The van der Waals surface area contributed by atoms with Gasteiger partial charge in [0.15, 0.2) is 5.96 Å². The monoisotopic (exact) mass is 476 g/mol. The fourth-order valence-corrected chi connectivity index (χ4v) is 2.67. The Kier molecular flexibility index (Phi) is 13.8. The molecule has 0 heterocycles. The molecule has 1 rings (SSSR count). The number of unbranched alkanes of at least 4 members (excludes halogenated alkanes) is 1. The summed E-state index contributed by atoms with van der Waals surface area (Å²) in [7, 11) is 0. The van der Waals surface area contributed by atoms with E-state index < -0.39 is 5.60 Å². The zero-order valence-corrected chi connectivity index (χ0v) is 19.1. The molecule has 0 aromatic heterocycles.